The number of halogens is 1. The second kappa shape index (κ2) is 6.06. The summed E-state index contributed by atoms with van der Waals surface area (Å²) in [5.74, 6) is -0.549. The van der Waals surface area contributed by atoms with E-state index in [9.17, 15) is 9.18 Å². The Balaban J connectivity index is 2.37. The number of rotatable bonds is 5. The lowest BCUT2D eigenvalue weighted by Crippen LogP contribution is -2.28. The van der Waals surface area contributed by atoms with Crippen molar-refractivity contribution in [2.24, 2.45) is 5.73 Å². The third-order valence-electron chi connectivity index (χ3n) is 2.91. The van der Waals surface area contributed by atoms with Crippen LogP contribution >= 0.6 is 0 Å². The van der Waals surface area contributed by atoms with E-state index in [1.807, 2.05) is 0 Å². The molecule has 0 fully saturated rings. The number of hydrogen-bond donors (Lipinski definition) is 2. The van der Waals surface area contributed by atoms with E-state index in [0.29, 0.717) is 11.3 Å². The summed E-state index contributed by atoms with van der Waals surface area (Å²) in [4.78, 5) is 11.7. The van der Waals surface area contributed by atoms with E-state index in [4.69, 9.17) is 10.5 Å². The topological polar surface area (TPSA) is 64.3 Å². The molecule has 0 heterocycles. The Labute approximate surface area is 116 Å². The molecule has 0 radical (unpaired) electrons. The van der Waals surface area contributed by atoms with Crippen molar-refractivity contribution >= 4 is 11.6 Å². The zero-order valence-corrected chi connectivity index (χ0v) is 11.0. The minimum Gasteiger partial charge on any atom is -0.496 e. The van der Waals surface area contributed by atoms with Gasteiger partial charge < -0.3 is 15.8 Å². The Kier molecular flexibility index (Phi) is 4.20. The van der Waals surface area contributed by atoms with E-state index in [-0.39, 0.29) is 5.69 Å². The van der Waals surface area contributed by atoms with Crippen molar-refractivity contribution in [1.29, 1.82) is 0 Å². The summed E-state index contributed by atoms with van der Waals surface area (Å²) in [5.41, 5.74) is 6.18. The van der Waals surface area contributed by atoms with Gasteiger partial charge >= 0.3 is 0 Å². The highest BCUT2D eigenvalue weighted by molar-refractivity contribution is 5.85. The largest absolute Gasteiger partial charge is 0.496 e. The number of carbonyl (C=O) groups excluding carboxylic acids is 1. The van der Waals surface area contributed by atoms with Crippen LogP contribution in [0.25, 0.3) is 0 Å². The van der Waals surface area contributed by atoms with Gasteiger partial charge in [0.2, 0.25) is 5.91 Å². The van der Waals surface area contributed by atoms with Gasteiger partial charge in [0.05, 0.1) is 12.8 Å². The number of carbonyl (C=O) groups is 1. The van der Waals surface area contributed by atoms with Crippen molar-refractivity contribution in [3.8, 4) is 5.75 Å². The van der Waals surface area contributed by atoms with Crippen LogP contribution in [-0.4, -0.2) is 13.0 Å². The molecule has 0 saturated heterocycles. The fourth-order valence-electron chi connectivity index (χ4n) is 1.94. The first kappa shape index (κ1) is 13.9. The van der Waals surface area contributed by atoms with Crippen LogP contribution in [0, 0.1) is 5.82 Å². The summed E-state index contributed by atoms with van der Waals surface area (Å²) in [6, 6.07) is 12.2. The number of hydrogen-bond acceptors (Lipinski definition) is 3. The molecule has 2 rings (SSSR count). The summed E-state index contributed by atoms with van der Waals surface area (Å²) >= 11 is 0. The van der Waals surface area contributed by atoms with Crippen LogP contribution in [0.4, 0.5) is 10.1 Å². The van der Waals surface area contributed by atoms with E-state index >= 15 is 0 Å². The van der Waals surface area contributed by atoms with Crippen LogP contribution in [0.2, 0.25) is 0 Å². The molecule has 0 saturated carbocycles. The van der Waals surface area contributed by atoms with Gasteiger partial charge in [0, 0.05) is 5.56 Å². The molecule has 2 aromatic rings. The number of methoxy groups -OCH3 is 1. The predicted molar refractivity (Wildman–Crippen MR) is 75.0 cm³/mol. The molecule has 4 nitrogen and oxygen atoms in total. The smallest absolute Gasteiger partial charge is 0.244 e. The molecular formula is C15H15FN2O2. The van der Waals surface area contributed by atoms with Crippen LogP contribution in [-0.2, 0) is 4.79 Å². The molecule has 5 heteroatoms. The third kappa shape index (κ3) is 2.88. The molecule has 2 aromatic carbocycles. The maximum Gasteiger partial charge on any atom is 0.244 e. The van der Waals surface area contributed by atoms with E-state index in [1.54, 1.807) is 42.5 Å². The highest BCUT2D eigenvalue weighted by Gasteiger charge is 2.22. The average molecular weight is 274 g/mol. The number of amides is 1. The zero-order chi connectivity index (χ0) is 14.5. The second-order valence-electron chi connectivity index (χ2n) is 4.20. The van der Waals surface area contributed by atoms with Gasteiger partial charge in [-0.15, -0.1) is 0 Å². The number of anilines is 1. The molecule has 1 amide bonds. The Hall–Kier alpha value is -2.56. The molecular weight excluding hydrogens is 259 g/mol. The summed E-state index contributed by atoms with van der Waals surface area (Å²) in [7, 11) is 1.50. The van der Waals surface area contributed by atoms with E-state index in [0.717, 1.165) is 0 Å². The summed E-state index contributed by atoms with van der Waals surface area (Å²) in [6.07, 6.45) is 0. The molecule has 0 aliphatic heterocycles. The van der Waals surface area contributed by atoms with E-state index in [2.05, 4.69) is 5.32 Å². The van der Waals surface area contributed by atoms with Gasteiger partial charge in [0.25, 0.3) is 0 Å². The Morgan fingerprint density at radius 3 is 2.50 bits per heavy atom. The molecule has 0 aliphatic carbocycles. The standard InChI is InChI=1S/C15H15FN2O2/c1-20-13-9-5-2-6-10(13)14(15(17)19)18-12-8-4-3-7-11(12)16/h2-9,14,18H,1H3,(H2,17,19). The van der Waals surface area contributed by atoms with Gasteiger partial charge in [-0.1, -0.05) is 30.3 Å². The zero-order valence-electron chi connectivity index (χ0n) is 11.0. The SMILES string of the molecule is COc1ccccc1C(Nc1ccccc1F)C(N)=O. The van der Waals surface area contributed by atoms with Crippen LogP contribution in [0.1, 0.15) is 11.6 Å². The molecule has 1 unspecified atom stereocenters. The van der Waals surface area contributed by atoms with E-state index < -0.39 is 17.8 Å². The van der Waals surface area contributed by atoms with Gasteiger partial charge in [0.15, 0.2) is 0 Å². The van der Waals surface area contributed by atoms with Gasteiger partial charge in [-0.05, 0) is 18.2 Å². The van der Waals surface area contributed by atoms with Crippen LogP contribution in [0.5, 0.6) is 5.75 Å². The molecule has 0 bridgehead atoms. The summed E-state index contributed by atoms with van der Waals surface area (Å²) < 4.78 is 18.9. The van der Waals surface area contributed by atoms with E-state index in [1.165, 1.54) is 13.2 Å². The molecule has 104 valence electrons. The highest BCUT2D eigenvalue weighted by Crippen LogP contribution is 2.28. The molecule has 20 heavy (non-hydrogen) atoms. The molecule has 0 aromatic heterocycles. The maximum atomic E-state index is 13.7. The Morgan fingerprint density at radius 2 is 1.85 bits per heavy atom. The number of nitrogens with two attached hydrogens (primary N) is 1. The highest BCUT2D eigenvalue weighted by atomic mass is 19.1. The van der Waals surface area contributed by atoms with Gasteiger partial charge in [-0.3, -0.25) is 4.79 Å². The lowest BCUT2D eigenvalue weighted by atomic mass is 10.0. The first-order chi connectivity index (χ1) is 9.63. The van der Waals surface area contributed by atoms with Gasteiger partial charge in [0.1, 0.15) is 17.6 Å². The van der Waals surface area contributed by atoms with Crippen molar-refractivity contribution in [2.75, 3.05) is 12.4 Å². The lowest BCUT2D eigenvalue weighted by molar-refractivity contribution is -0.118. The predicted octanol–water partition coefficient (Wildman–Crippen LogP) is 2.47. The number of primary amides is 1. The second-order valence-corrected chi connectivity index (χ2v) is 4.20. The first-order valence-electron chi connectivity index (χ1n) is 6.06. The Bertz CT molecular complexity index is 616. The van der Waals surface area contributed by atoms with Crippen molar-refractivity contribution < 1.29 is 13.9 Å². The summed E-state index contributed by atoms with van der Waals surface area (Å²) in [5, 5.41) is 2.81. The fourth-order valence-corrected chi connectivity index (χ4v) is 1.94. The van der Waals surface area contributed by atoms with Crippen molar-refractivity contribution in [2.45, 2.75) is 6.04 Å². The average Bonchev–Trinajstić information content (AvgIpc) is 2.46. The van der Waals surface area contributed by atoms with Crippen LogP contribution in [0.3, 0.4) is 0 Å². The van der Waals surface area contributed by atoms with Crippen molar-refractivity contribution in [3.63, 3.8) is 0 Å². The summed E-state index contributed by atoms with van der Waals surface area (Å²) in [6.45, 7) is 0. The normalized spacial score (nSPS) is 11.7. The minimum absolute atomic E-state index is 0.210. The van der Waals surface area contributed by atoms with Gasteiger partial charge in [-0.2, -0.15) is 0 Å². The molecule has 1 atom stereocenters. The van der Waals surface area contributed by atoms with Crippen molar-refractivity contribution in [3.05, 3.63) is 59.9 Å². The molecule has 0 aliphatic rings. The van der Waals surface area contributed by atoms with Crippen LogP contribution < -0.4 is 15.8 Å². The number of para-hydroxylation sites is 2. The third-order valence-corrected chi connectivity index (χ3v) is 2.91. The quantitative estimate of drug-likeness (QED) is 0.880. The monoisotopic (exact) mass is 274 g/mol. The molecule has 3 N–H and O–H groups in total. The minimum atomic E-state index is -0.872. The van der Waals surface area contributed by atoms with Crippen LogP contribution in [0.15, 0.2) is 48.5 Å². The first-order valence-corrected chi connectivity index (χ1v) is 6.06. The Morgan fingerprint density at radius 1 is 1.20 bits per heavy atom. The molecule has 0 spiro atoms. The maximum absolute atomic E-state index is 13.7. The fraction of sp³-hybridized carbons (Fsp3) is 0.133. The number of benzene rings is 2. The number of ether oxygens (including phenoxy) is 1. The lowest BCUT2D eigenvalue weighted by Gasteiger charge is -2.19. The van der Waals surface area contributed by atoms with Crippen molar-refractivity contribution in [1.82, 2.24) is 0 Å². The van der Waals surface area contributed by atoms with Gasteiger partial charge in [-0.25, -0.2) is 4.39 Å². The number of nitrogens with one attached hydrogen (secondary N) is 1.